The molecule has 0 spiro atoms. The Hall–Kier alpha value is -0.782. The van der Waals surface area contributed by atoms with E-state index < -0.39 is 15.7 Å². The fourth-order valence-electron chi connectivity index (χ4n) is 0.712. The van der Waals surface area contributed by atoms with Crippen molar-refractivity contribution < 1.29 is 8.53 Å². The van der Waals surface area contributed by atoms with Crippen LogP contribution in [-0.4, -0.2) is 26.2 Å². The predicted molar refractivity (Wildman–Crippen MR) is 39.7 cm³/mol. The van der Waals surface area contributed by atoms with Gasteiger partial charge in [-0.15, -0.1) is 0 Å². The molecule has 52 valence electrons. The summed E-state index contributed by atoms with van der Waals surface area (Å²) in [6, 6.07) is 0. The van der Waals surface area contributed by atoms with Crippen molar-refractivity contribution in [1.29, 1.82) is 0 Å². The van der Waals surface area contributed by atoms with Crippen LogP contribution in [0.2, 0.25) is 0 Å². The van der Waals surface area contributed by atoms with E-state index in [1.54, 1.807) is 12.2 Å². The van der Waals surface area contributed by atoms with Crippen molar-refractivity contribution in [3.8, 4) is 0 Å². The maximum absolute atomic E-state index is 10.4. The van der Waals surface area contributed by atoms with Crippen LogP contribution in [0.5, 0.6) is 0 Å². The van der Waals surface area contributed by atoms with E-state index in [1.807, 2.05) is 6.08 Å². The van der Waals surface area contributed by atoms with Gasteiger partial charge >= 0.3 is 64.5 Å². The molecule has 0 aliphatic heterocycles. The Labute approximate surface area is 65.0 Å². The molecule has 0 fully saturated rings. The van der Waals surface area contributed by atoms with Crippen molar-refractivity contribution in [2.24, 2.45) is 0 Å². The Morgan fingerprint density at radius 2 is 2.40 bits per heavy atom. The SMILES string of the molecule is [N-]=[N+]=C1C=CC([AsH2]=O)=CC1. The molecule has 1 rings (SSSR count). The van der Waals surface area contributed by atoms with Crippen LogP contribution in [0.15, 0.2) is 22.6 Å². The van der Waals surface area contributed by atoms with Gasteiger partial charge in [0.25, 0.3) is 0 Å². The predicted octanol–water partition coefficient (Wildman–Crippen LogP) is 0.0153. The quantitative estimate of drug-likeness (QED) is 0.332. The second-order valence-corrected chi connectivity index (χ2v) is 3.84. The zero-order chi connectivity index (χ0) is 7.40. The van der Waals surface area contributed by atoms with Gasteiger partial charge in [-0.25, -0.2) is 0 Å². The van der Waals surface area contributed by atoms with Crippen molar-refractivity contribution in [2.45, 2.75) is 6.42 Å². The van der Waals surface area contributed by atoms with Gasteiger partial charge in [-0.3, -0.25) is 0 Å². The number of rotatable bonds is 1. The van der Waals surface area contributed by atoms with E-state index in [2.05, 4.69) is 4.79 Å². The minimum absolute atomic E-state index is 0.599. The van der Waals surface area contributed by atoms with Crippen molar-refractivity contribution in [3.63, 3.8) is 0 Å². The second kappa shape index (κ2) is 3.40. The molecule has 0 saturated carbocycles. The molecular formula is C6H7AsN2O. The molecule has 0 heterocycles. The topological polar surface area (TPSA) is 53.5 Å². The van der Waals surface area contributed by atoms with E-state index in [1.165, 1.54) is 0 Å². The Balaban J connectivity index is 2.81. The van der Waals surface area contributed by atoms with Crippen LogP contribution in [-0.2, 0) is 3.74 Å². The number of hydrogen-bond acceptors (Lipinski definition) is 1. The van der Waals surface area contributed by atoms with Crippen molar-refractivity contribution in [3.05, 3.63) is 28.1 Å². The maximum atomic E-state index is 10.4. The summed E-state index contributed by atoms with van der Waals surface area (Å²) < 4.78 is 11.3. The first kappa shape index (κ1) is 7.33. The van der Waals surface area contributed by atoms with Gasteiger partial charge in [0, 0.05) is 0 Å². The third-order valence-electron chi connectivity index (χ3n) is 1.28. The summed E-state index contributed by atoms with van der Waals surface area (Å²) >= 11 is -1.41. The van der Waals surface area contributed by atoms with Gasteiger partial charge in [-0.1, -0.05) is 0 Å². The van der Waals surface area contributed by atoms with Gasteiger partial charge in [-0.05, 0) is 0 Å². The summed E-state index contributed by atoms with van der Waals surface area (Å²) in [6.45, 7) is 0. The van der Waals surface area contributed by atoms with Crippen LogP contribution in [0.3, 0.4) is 0 Å². The summed E-state index contributed by atoms with van der Waals surface area (Å²) in [5.41, 5.74) is 8.91. The zero-order valence-electron chi connectivity index (χ0n) is 5.32. The molecule has 0 saturated heterocycles. The molecule has 0 radical (unpaired) electrons. The van der Waals surface area contributed by atoms with Gasteiger partial charge in [-0.2, -0.15) is 0 Å². The molecule has 3 nitrogen and oxygen atoms in total. The van der Waals surface area contributed by atoms with E-state index in [-0.39, 0.29) is 0 Å². The molecule has 0 aromatic heterocycles. The van der Waals surface area contributed by atoms with Gasteiger partial charge in [0.05, 0.1) is 0 Å². The van der Waals surface area contributed by atoms with E-state index in [9.17, 15) is 3.74 Å². The molecule has 1 atom stereocenters. The van der Waals surface area contributed by atoms with Crippen molar-refractivity contribution in [1.82, 2.24) is 0 Å². The average molecular weight is 198 g/mol. The van der Waals surface area contributed by atoms with Gasteiger partial charge in [0.2, 0.25) is 0 Å². The molecule has 10 heavy (non-hydrogen) atoms. The van der Waals surface area contributed by atoms with Gasteiger partial charge < -0.3 is 0 Å². The molecule has 1 aliphatic carbocycles. The summed E-state index contributed by atoms with van der Waals surface area (Å²) in [5, 5.41) is 0. The monoisotopic (exact) mass is 198 g/mol. The summed E-state index contributed by atoms with van der Waals surface area (Å²) in [4.78, 5) is 3.02. The molecule has 0 N–H and O–H groups in total. The van der Waals surface area contributed by atoms with Crippen LogP contribution in [0.1, 0.15) is 6.42 Å². The van der Waals surface area contributed by atoms with Crippen LogP contribution < -0.4 is 0 Å². The first-order chi connectivity index (χ1) is 4.86. The molecular weight excluding hydrogens is 191 g/mol. The van der Waals surface area contributed by atoms with Crippen LogP contribution in [0, 0.1) is 0 Å². The number of allylic oxidation sites excluding steroid dienone is 4. The molecule has 0 aromatic rings. The van der Waals surface area contributed by atoms with E-state index in [4.69, 9.17) is 5.53 Å². The Kier molecular flexibility index (Phi) is 2.49. The molecule has 0 bridgehead atoms. The number of hydrogen-bond donors (Lipinski definition) is 0. The zero-order valence-corrected chi connectivity index (χ0v) is 7.74. The first-order valence-electron chi connectivity index (χ1n) is 2.91. The van der Waals surface area contributed by atoms with E-state index >= 15 is 0 Å². The van der Waals surface area contributed by atoms with Crippen molar-refractivity contribution in [2.75, 3.05) is 0 Å². The van der Waals surface area contributed by atoms with Gasteiger partial charge in [0.1, 0.15) is 0 Å². The molecule has 0 amide bonds. The standard InChI is InChI=1S/C6H7AsN2O/c8-9-6-3-1-5(7-10)2-4-6/h1-3H,4,7H2. The number of nitrogens with zero attached hydrogens (tertiary/aromatic N) is 2. The summed E-state index contributed by atoms with van der Waals surface area (Å²) in [6.07, 6.45) is 5.86. The Morgan fingerprint density at radius 1 is 1.60 bits per heavy atom. The Morgan fingerprint density at radius 3 is 2.80 bits per heavy atom. The van der Waals surface area contributed by atoms with Crippen LogP contribution in [0.4, 0.5) is 0 Å². The van der Waals surface area contributed by atoms with Crippen LogP contribution in [0.25, 0.3) is 5.53 Å². The third kappa shape index (κ3) is 1.60. The van der Waals surface area contributed by atoms with Crippen molar-refractivity contribution >= 4 is 21.4 Å². The minimum atomic E-state index is -1.41. The van der Waals surface area contributed by atoms with E-state index in [0.29, 0.717) is 12.1 Å². The fraction of sp³-hybridized carbons (Fsp3) is 0.167. The molecule has 0 aromatic carbocycles. The summed E-state index contributed by atoms with van der Waals surface area (Å²) in [7, 11) is 0. The molecule has 1 aliphatic rings. The Bertz CT molecular complexity index is 261. The molecule has 1 unspecified atom stereocenters. The summed E-state index contributed by atoms with van der Waals surface area (Å²) in [5.74, 6) is 0. The van der Waals surface area contributed by atoms with Gasteiger partial charge in [0.15, 0.2) is 0 Å². The molecule has 4 heteroatoms. The van der Waals surface area contributed by atoms with Crippen LogP contribution >= 0.6 is 0 Å². The third-order valence-corrected chi connectivity index (χ3v) is 2.75. The van der Waals surface area contributed by atoms with E-state index in [0.717, 1.165) is 4.36 Å². The first-order valence-corrected chi connectivity index (χ1v) is 5.11. The average Bonchev–Trinajstić information content (AvgIpc) is 2.05. The fourth-order valence-corrected chi connectivity index (χ4v) is 1.53. The second-order valence-electron chi connectivity index (χ2n) is 1.95. The normalized spacial score (nSPS) is 17.6.